The third kappa shape index (κ3) is 15.7. The molecule has 0 fully saturated rings. The summed E-state index contributed by atoms with van der Waals surface area (Å²) in [5.41, 5.74) is 34.7. The molecular formula is C121H90N6. The van der Waals surface area contributed by atoms with Crippen LogP contribution in [-0.4, -0.2) is 13.7 Å². The van der Waals surface area contributed by atoms with E-state index >= 15 is 0 Å². The van der Waals surface area contributed by atoms with Crippen LogP contribution in [0, 0.1) is 0 Å². The molecule has 6 nitrogen and oxygen atoms in total. The minimum atomic E-state index is -0.0678. The summed E-state index contributed by atoms with van der Waals surface area (Å²) in [5, 5.41) is 6.12. The second-order valence-corrected chi connectivity index (χ2v) is 33.0. The molecule has 0 atom stereocenters. The van der Waals surface area contributed by atoms with Gasteiger partial charge in [-0.1, -0.05) is 317 Å². The fourth-order valence-electron chi connectivity index (χ4n) is 18.3. The minimum absolute atomic E-state index is 0.0678. The second kappa shape index (κ2) is 34.4. The van der Waals surface area contributed by atoms with Gasteiger partial charge in [0.1, 0.15) is 0 Å². The fourth-order valence-corrected chi connectivity index (χ4v) is 18.3. The molecule has 1 aliphatic carbocycles. The zero-order chi connectivity index (χ0) is 85.0. The lowest BCUT2D eigenvalue weighted by atomic mass is 9.82. The maximum Gasteiger partial charge on any atom is 0.0529 e. The molecule has 6 heteroatoms. The average molecular weight is 1630 g/mol. The zero-order valence-electron chi connectivity index (χ0n) is 70.7. The number of fused-ring (bicyclic) bond motifs is 7. The van der Waals surface area contributed by atoms with Crippen LogP contribution in [0.5, 0.6) is 0 Å². The lowest BCUT2D eigenvalue weighted by Crippen LogP contribution is -2.16. The molecular weight excluding hydrogens is 1540 g/mol. The van der Waals surface area contributed by atoms with Gasteiger partial charge in [-0.3, -0.25) is 0 Å². The number of hydrogen-bond acceptors (Lipinski definition) is 3. The third-order valence-electron chi connectivity index (χ3n) is 24.9. The van der Waals surface area contributed by atoms with Gasteiger partial charge in [0.25, 0.3) is 0 Å². The number of anilines is 9. The van der Waals surface area contributed by atoms with Gasteiger partial charge in [-0.25, -0.2) is 0 Å². The zero-order valence-corrected chi connectivity index (χ0v) is 70.7. The molecule has 127 heavy (non-hydrogen) atoms. The van der Waals surface area contributed by atoms with Crippen molar-refractivity contribution in [1.82, 2.24) is 13.7 Å². The van der Waals surface area contributed by atoms with E-state index in [-0.39, 0.29) is 5.41 Å². The Morgan fingerprint density at radius 1 is 0.165 bits per heavy atom. The first-order chi connectivity index (χ1) is 62.7. The smallest absolute Gasteiger partial charge is 0.0529 e. The van der Waals surface area contributed by atoms with Crippen LogP contribution in [0.1, 0.15) is 25.0 Å². The summed E-state index contributed by atoms with van der Waals surface area (Å²) in [6.07, 6.45) is 6.47. The van der Waals surface area contributed by atoms with Crippen molar-refractivity contribution in [1.29, 1.82) is 0 Å². The van der Waals surface area contributed by atoms with Crippen LogP contribution in [-0.2, 0) is 5.41 Å². The summed E-state index contributed by atoms with van der Waals surface area (Å²) >= 11 is 0. The summed E-state index contributed by atoms with van der Waals surface area (Å²) in [6, 6.07) is 176. The van der Waals surface area contributed by atoms with E-state index in [1.54, 1.807) is 0 Å². The first-order valence-corrected chi connectivity index (χ1v) is 43.6. The largest absolute Gasteiger partial charge is 0.317 e. The van der Waals surface area contributed by atoms with Gasteiger partial charge in [0.05, 0.1) is 16.6 Å². The summed E-state index contributed by atoms with van der Waals surface area (Å²) < 4.78 is 6.75. The van der Waals surface area contributed by atoms with Crippen molar-refractivity contribution in [2.75, 3.05) is 14.7 Å². The van der Waals surface area contributed by atoms with E-state index in [0.717, 1.165) is 62.6 Å². The van der Waals surface area contributed by atoms with E-state index < -0.39 is 0 Å². The Balaban J connectivity index is 0.000000116. The van der Waals surface area contributed by atoms with Gasteiger partial charge in [-0.15, -0.1) is 0 Å². The number of para-hydroxylation sites is 3. The number of rotatable bonds is 17. The Morgan fingerprint density at radius 2 is 0.417 bits per heavy atom. The van der Waals surface area contributed by atoms with Gasteiger partial charge in [0.15, 0.2) is 0 Å². The van der Waals surface area contributed by atoms with Gasteiger partial charge in [-0.05, 0) is 277 Å². The molecule has 22 aromatic rings. The highest BCUT2D eigenvalue weighted by molar-refractivity contribution is 5.95. The number of nitrogens with zero attached hydrogens (tertiary/aromatic N) is 6. The van der Waals surface area contributed by atoms with Crippen molar-refractivity contribution in [3.05, 3.63) is 521 Å². The predicted molar refractivity (Wildman–Crippen MR) is 536 cm³/mol. The Hall–Kier alpha value is -16.5. The second-order valence-electron chi connectivity index (χ2n) is 33.0. The third-order valence-corrected chi connectivity index (χ3v) is 24.9. The first kappa shape index (κ1) is 77.8. The molecule has 0 saturated heterocycles. The Bertz CT molecular complexity index is 7500. The maximum absolute atomic E-state index is 2.40. The van der Waals surface area contributed by atoms with Crippen molar-refractivity contribution >= 4 is 94.7 Å². The molecule has 0 bridgehead atoms. The molecule has 23 rings (SSSR count). The Morgan fingerprint density at radius 3 is 0.772 bits per heavy atom. The van der Waals surface area contributed by atoms with Crippen LogP contribution in [0.25, 0.3) is 127 Å². The highest BCUT2D eigenvalue weighted by Gasteiger charge is 2.36. The predicted octanol–water partition coefficient (Wildman–Crippen LogP) is 33.1. The van der Waals surface area contributed by atoms with Crippen molar-refractivity contribution in [2.24, 2.45) is 0 Å². The van der Waals surface area contributed by atoms with E-state index in [2.05, 4.69) is 552 Å². The van der Waals surface area contributed by atoms with Crippen molar-refractivity contribution in [3.63, 3.8) is 0 Å². The topological polar surface area (TPSA) is 24.5 Å². The van der Waals surface area contributed by atoms with Crippen LogP contribution >= 0.6 is 0 Å². The molecule has 19 aromatic carbocycles. The summed E-state index contributed by atoms with van der Waals surface area (Å²) in [7, 11) is 0. The minimum Gasteiger partial charge on any atom is -0.317 e. The lowest BCUT2D eigenvalue weighted by Gasteiger charge is -2.28. The maximum atomic E-state index is 2.40. The van der Waals surface area contributed by atoms with E-state index in [9.17, 15) is 0 Å². The molecule has 3 heterocycles. The van der Waals surface area contributed by atoms with Crippen LogP contribution < -0.4 is 14.7 Å². The van der Waals surface area contributed by atoms with Crippen molar-refractivity contribution < 1.29 is 0 Å². The van der Waals surface area contributed by atoms with Gasteiger partial charge in [0, 0.05) is 108 Å². The van der Waals surface area contributed by atoms with E-state index in [4.69, 9.17) is 0 Å². The first-order valence-electron chi connectivity index (χ1n) is 43.6. The van der Waals surface area contributed by atoms with Crippen LogP contribution in [0.4, 0.5) is 51.2 Å². The molecule has 0 aliphatic heterocycles. The molecule has 3 aromatic heterocycles. The molecule has 0 saturated carbocycles. The number of hydrogen-bond donors (Lipinski definition) is 0. The molecule has 604 valence electrons. The molecule has 0 unspecified atom stereocenters. The van der Waals surface area contributed by atoms with Gasteiger partial charge in [-0.2, -0.15) is 0 Å². The van der Waals surface area contributed by atoms with E-state index in [0.29, 0.717) is 0 Å². The molecule has 0 spiro atoms. The monoisotopic (exact) mass is 1630 g/mol. The quantitative estimate of drug-likeness (QED) is 0.0908. The average Bonchev–Trinajstić information content (AvgIpc) is 1.58. The standard InChI is InChI=1S/C42H30N2.C41H32N2.C38H28N2/c1-3-9-31(10-4-1)33-17-21-39(22-18-33)44(41-25-26-42-37(30-41)27-28-43(42)38-13-5-2-6-14-38)40-23-19-34(20-24-40)36-16-15-32-11-7-8-12-35(32)29-36;1-41(2)38-16-10-9-15-36(38)37-23-21-35(28-39(37)41)43(33-19-17-30(18-20-33)29-11-5-3-6-12-29)34-22-24-40-31(27-34)25-26-42(40)32-13-7-4-8-14-32;1-4-10-29(11-5-1)31-16-20-35(21-17-31)40(36-22-18-32(19-23-36)30-12-6-2-7-13-30)37-24-25-38-33(28-37)26-27-39(38)34-14-8-3-9-15-34/h1-30H;3-28H,1-2H3;1-28H. The lowest BCUT2D eigenvalue weighted by molar-refractivity contribution is 0.660. The van der Waals surface area contributed by atoms with Gasteiger partial charge < -0.3 is 28.4 Å². The van der Waals surface area contributed by atoms with E-state index in [1.807, 2.05) is 0 Å². The van der Waals surface area contributed by atoms with Crippen LogP contribution in [0.15, 0.2) is 510 Å². The Kier molecular flexibility index (Phi) is 21.1. The number of aromatic nitrogens is 3. The molecule has 0 amide bonds. The molecule has 0 radical (unpaired) electrons. The Labute approximate surface area is 742 Å². The highest BCUT2D eigenvalue weighted by atomic mass is 15.2. The SMILES string of the molecule is CC1(C)c2ccccc2-c2ccc(N(c3ccc(-c4ccccc4)cc3)c3ccc4c(ccn4-c4ccccc4)c3)cc21.c1ccc(-c2ccc(N(c3ccc(-c4ccc5ccccc5c4)cc3)c3ccc4c(ccn4-c4ccccc4)c3)cc2)cc1.c1ccc(-c2ccc(N(c3ccc(-c4ccccc4)cc3)c3ccc4c(ccn4-c4ccccc4)c3)cc2)cc1. The molecule has 1 aliphatic rings. The van der Waals surface area contributed by atoms with Gasteiger partial charge in [0.2, 0.25) is 0 Å². The summed E-state index contributed by atoms with van der Waals surface area (Å²) in [5.74, 6) is 0. The van der Waals surface area contributed by atoms with Crippen LogP contribution in [0.2, 0.25) is 0 Å². The highest BCUT2D eigenvalue weighted by Crippen LogP contribution is 2.52. The van der Waals surface area contributed by atoms with Crippen molar-refractivity contribution in [3.8, 4) is 83.8 Å². The van der Waals surface area contributed by atoms with E-state index in [1.165, 1.54) is 127 Å². The summed E-state index contributed by atoms with van der Waals surface area (Å²) in [6.45, 7) is 4.69. The fraction of sp³-hybridized carbons (Fsp3) is 0.0248. The van der Waals surface area contributed by atoms with Crippen molar-refractivity contribution in [2.45, 2.75) is 19.3 Å². The van der Waals surface area contributed by atoms with Gasteiger partial charge >= 0.3 is 0 Å². The number of benzene rings is 19. The summed E-state index contributed by atoms with van der Waals surface area (Å²) in [4.78, 5) is 7.08. The molecule has 0 N–H and O–H groups in total. The van der Waals surface area contributed by atoms with Crippen LogP contribution in [0.3, 0.4) is 0 Å². The normalized spacial score (nSPS) is 11.8.